The molecular weight excluding hydrogens is 369 g/mol. The summed E-state index contributed by atoms with van der Waals surface area (Å²) in [6.07, 6.45) is 0. The number of aromatic nitrogens is 1. The summed E-state index contributed by atoms with van der Waals surface area (Å²) < 4.78 is 5.16. The van der Waals surface area contributed by atoms with Gasteiger partial charge in [-0.3, -0.25) is 4.79 Å². The van der Waals surface area contributed by atoms with Gasteiger partial charge in [0.1, 0.15) is 16.5 Å². The smallest absolute Gasteiger partial charge is 0.273 e. The van der Waals surface area contributed by atoms with E-state index in [1.54, 1.807) is 7.11 Å². The van der Waals surface area contributed by atoms with Crippen LogP contribution in [0, 0.1) is 0 Å². The molecule has 3 rings (SSSR count). The van der Waals surface area contributed by atoms with Crippen molar-refractivity contribution in [2.45, 2.75) is 13.0 Å². The third-order valence-electron chi connectivity index (χ3n) is 3.82. The van der Waals surface area contributed by atoms with Crippen molar-refractivity contribution in [1.29, 1.82) is 0 Å². The van der Waals surface area contributed by atoms with E-state index in [2.05, 4.69) is 17.2 Å². The lowest BCUT2D eigenvalue weighted by Crippen LogP contribution is -2.52. The standard InChI is InChI=1S/C16H19N3O2S.2ClH/c1-11-9-17-7-8-19(11)16(20)14-10-22-15(18-14)12-3-5-13(21-2)6-4-12;;/h3-6,10-11,17H,7-9H2,1-2H3;2*1H/t11-;;/m0../s1. The Bertz CT molecular complexity index is 664. The van der Waals surface area contributed by atoms with E-state index in [0.29, 0.717) is 5.69 Å². The first kappa shape index (κ1) is 20.7. The normalized spacial score (nSPS) is 16.8. The number of rotatable bonds is 3. The number of methoxy groups -OCH3 is 1. The SMILES string of the molecule is COc1ccc(-c2nc(C(=O)N3CCNC[C@@H]3C)cs2)cc1.Cl.Cl. The number of hydrogen-bond donors (Lipinski definition) is 1. The first-order valence-corrected chi connectivity index (χ1v) is 8.18. The Morgan fingerprint density at radius 2 is 2.04 bits per heavy atom. The maximum atomic E-state index is 12.6. The van der Waals surface area contributed by atoms with Gasteiger partial charge < -0.3 is 15.0 Å². The highest BCUT2D eigenvalue weighted by atomic mass is 35.5. The lowest BCUT2D eigenvalue weighted by Gasteiger charge is -2.33. The summed E-state index contributed by atoms with van der Waals surface area (Å²) in [6.45, 7) is 4.46. The van der Waals surface area contributed by atoms with Gasteiger partial charge in [0.25, 0.3) is 5.91 Å². The molecule has 5 nitrogen and oxygen atoms in total. The van der Waals surface area contributed by atoms with E-state index in [1.165, 1.54) is 11.3 Å². The van der Waals surface area contributed by atoms with Crippen LogP contribution in [0.4, 0.5) is 0 Å². The number of nitrogens with one attached hydrogen (secondary N) is 1. The number of thiazole rings is 1. The summed E-state index contributed by atoms with van der Waals surface area (Å²) >= 11 is 1.49. The average molecular weight is 390 g/mol. The van der Waals surface area contributed by atoms with Crippen LogP contribution in [0.3, 0.4) is 0 Å². The topological polar surface area (TPSA) is 54.5 Å². The van der Waals surface area contributed by atoms with Crippen LogP contribution in [0.5, 0.6) is 5.75 Å². The minimum Gasteiger partial charge on any atom is -0.497 e. The Morgan fingerprint density at radius 1 is 1.33 bits per heavy atom. The number of ether oxygens (including phenoxy) is 1. The molecule has 1 N–H and O–H groups in total. The fourth-order valence-corrected chi connectivity index (χ4v) is 3.33. The number of nitrogens with zero attached hydrogens (tertiary/aromatic N) is 2. The molecule has 0 saturated carbocycles. The van der Waals surface area contributed by atoms with Crippen molar-refractivity contribution in [2.24, 2.45) is 0 Å². The molecule has 1 amide bonds. The van der Waals surface area contributed by atoms with E-state index < -0.39 is 0 Å². The van der Waals surface area contributed by atoms with Crippen molar-refractivity contribution >= 4 is 42.1 Å². The van der Waals surface area contributed by atoms with E-state index >= 15 is 0 Å². The van der Waals surface area contributed by atoms with E-state index in [1.807, 2.05) is 34.5 Å². The van der Waals surface area contributed by atoms with Crippen molar-refractivity contribution in [3.05, 3.63) is 35.3 Å². The Labute approximate surface area is 158 Å². The minimum absolute atomic E-state index is 0. The van der Waals surface area contributed by atoms with Crippen LogP contribution in [-0.4, -0.2) is 48.6 Å². The summed E-state index contributed by atoms with van der Waals surface area (Å²) in [4.78, 5) is 19.0. The first-order valence-electron chi connectivity index (χ1n) is 7.30. The van der Waals surface area contributed by atoms with Crippen LogP contribution in [0.2, 0.25) is 0 Å². The Hall–Kier alpha value is -1.34. The quantitative estimate of drug-likeness (QED) is 0.875. The number of piperazine rings is 1. The lowest BCUT2D eigenvalue weighted by atomic mass is 10.2. The first-order chi connectivity index (χ1) is 10.7. The zero-order chi connectivity index (χ0) is 15.5. The Balaban J connectivity index is 0.00000144. The lowest BCUT2D eigenvalue weighted by molar-refractivity contribution is 0.0650. The maximum Gasteiger partial charge on any atom is 0.273 e. The Kier molecular flexibility index (Phi) is 7.96. The number of hydrogen-bond acceptors (Lipinski definition) is 5. The van der Waals surface area contributed by atoms with Crippen molar-refractivity contribution in [3.63, 3.8) is 0 Å². The molecular formula is C16H21Cl2N3O2S. The van der Waals surface area contributed by atoms with E-state index in [4.69, 9.17) is 4.74 Å². The number of halogens is 2. The highest BCUT2D eigenvalue weighted by Crippen LogP contribution is 2.26. The molecule has 0 spiro atoms. The van der Waals surface area contributed by atoms with Gasteiger partial charge in [-0.1, -0.05) is 0 Å². The molecule has 24 heavy (non-hydrogen) atoms. The van der Waals surface area contributed by atoms with Crippen LogP contribution >= 0.6 is 36.2 Å². The molecule has 132 valence electrons. The predicted molar refractivity (Wildman–Crippen MR) is 102 cm³/mol. The molecule has 2 heterocycles. The van der Waals surface area contributed by atoms with Gasteiger partial charge in [0.05, 0.1) is 7.11 Å². The third kappa shape index (κ3) is 4.39. The average Bonchev–Trinajstić information content (AvgIpc) is 3.05. The molecule has 0 unspecified atom stereocenters. The maximum absolute atomic E-state index is 12.6. The fourth-order valence-electron chi connectivity index (χ4n) is 2.53. The van der Waals surface area contributed by atoms with E-state index in [-0.39, 0.29) is 36.8 Å². The largest absolute Gasteiger partial charge is 0.497 e. The zero-order valence-corrected chi connectivity index (χ0v) is 16.0. The minimum atomic E-state index is 0. The predicted octanol–water partition coefficient (Wildman–Crippen LogP) is 3.10. The zero-order valence-electron chi connectivity index (χ0n) is 13.5. The molecule has 1 aromatic carbocycles. The van der Waals surface area contributed by atoms with Crippen molar-refractivity contribution in [2.75, 3.05) is 26.7 Å². The molecule has 1 aromatic heterocycles. The van der Waals surface area contributed by atoms with Crippen molar-refractivity contribution in [1.82, 2.24) is 15.2 Å². The fraction of sp³-hybridized carbons (Fsp3) is 0.375. The van der Waals surface area contributed by atoms with Gasteiger partial charge in [0, 0.05) is 36.6 Å². The number of benzene rings is 1. The summed E-state index contributed by atoms with van der Waals surface area (Å²) in [5.41, 5.74) is 1.53. The van der Waals surface area contributed by atoms with Crippen LogP contribution in [0.25, 0.3) is 10.6 Å². The van der Waals surface area contributed by atoms with Gasteiger partial charge in [-0.05, 0) is 31.2 Å². The molecule has 1 aliphatic rings. The van der Waals surface area contributed by atoms with Crippen LogP contribution in [0.15, 0.2) is 29.6 Å². The summed E-state index contributed by atoms with van der Waals surface area (Å²) in [5, 5.41) is 5.99. The molecule has 2 aromatic rings. The molecule has 0 bridgehead atoms. The number of carbonyl (C=O) groups is 1. The van der Waals surface area contributed by atoms with Gasteiger partial charge in [-0.15, -0.1) is 36.2 Å². The van der Waals surface area contributed by atoms with Gasteiger partial charge in [-0.2, -0.15) is 0 Å². The van der Waals surface area contributed by atoms with Gasteiger partial charge in [0.2, 0.25) is 0 Å². The molecule has 8 heteroatoms. The summed E-state index contributed by atoms with van der Waals surface area (Å²) in [6, 6.07) is 7.92. The highest BCUT2D eigenvalue weighted by molar-refractivity contribution is 7.13. The number of amides is 1. The van der Waals surface area contributed by atoms with Gasteiger partial charge >= 0.3 is 0 Å². The van der Waals surface area contributed by atoms with E-state index in [0.717, 1.165) is 36.0 Å². The Morgan fingerprint density at radius 3 is 2.67 bits per heavy atom. The molecule has 0 radical (unpaired) electrons. The molecule has 1 fully saturated rings. The second-order valence-electron chi connectivity index (χ2n) is 5.32. The van der Waals surface area contributed by atoms with Crippen molar-refractivity contribution < 1.29 is 9.53 Å². The molecule has 1 saturated heterocycles. The summed E-state index contributed by atoms with van der Waals surface area (Å²) in [7, 11) is 1.64. The van der Waals surface area contributed by atoms with Crippen molar-refractivity contribution in [3.8, 4) is 16.3 Å². The summed E-state index contributed by atoms with van der Waals surface area (Å²) in [5.74, 6) is 0.830. The third-order valence-corrected chi connectivity index (χ3v) is 4.71. The molecule has 0 aliphatic carbocycles. The molecule has 1 aliphatic heterocycles. The van der Waals surface area contributed by atoms with Crippen LogP contribution in [-0.2, 0) is 0 Å². The van der Waals surface area contributed by atoms with Gasteiger partial charge in [0.15, 0.2) is 0 Å². The monoisotopic (exact) mass is 389 g/mol. The molecule has 1 atom stereocenters. The van der Waals surface area contributed by atoms with Crippen LogP contribution < -0.4 is 10.1 Å². The highest BCUT2D eigenvalue weighted by Gasteiger charge is 2.25. The van der Waals surface area contributed by atoms with E-state index in [9.17, 15) is 4.79 Å². The number of carbonyl (C=O) groups excluding carboxylic acids is 1. The second-order valence-corrected chi connectivity index (χ2v) is 6.18. The van der Waals surface area contributed by atoms with Crippen LogP contribution in [0.1, 0.15) is 17.4 Å². The van der Waals surface area contributed by atoms with Gasteiger partial charge in [-0.25, -0.2) is 4.98 Å². The second kappa shape index (κ2) is 9.22.